The van der Waals surface area contributed by atoms with Crippen molar-refractivity contribution in [1.82, 2.24) is 0 Å². The van der Waals surface area contributed by atoms with Crippen LogP contribution in [0.1, 0.15) is 0 Å². The molecule has 0 heterocycles. The average Bonchev–Trinajstić information content (AvgIpc) is 1.69. The summed E-state index contributed by atoms with van der Waals surface area (Å²) in [5.74, 6) is 0.652. The van der Waals surface area contributed by atoms with Crippen molar-refractivity contribution in [3.8, 4) is 0 Å². The lowest BCUT2D eigenvalue weighted by atomic mass is 10.8. The van der Waals surface area contributed by atoms with E-state index < -0.39 is 0 Å². The molecule has 0 unspecified atom stereocenters. The summed E-state index contributed by atoms with van der Waals surface area (Å²) in [7, 11) is 0. The first kappa shape index (κ1) is 6.56. The minimum Gasteiger partial charge on any atom is -0.393 e. The number of rotatable bonds is 4. The predicted octanol–water partition coefficient (Wildman–Crippen LogP) is 0.994. The van der Waals surface area contributed by atoms with Crippen molar-refractivity contribution in [2.24, 2.45) is 0 Å². The maximum absolute atomic E-state index is 9.40. The van der Waals surface area contributed by atoms with E-state index in [0.29, 0.717) is 12.2 Å². The van der Waals surface area contributed by atoms with Crippen molar-refractivity contribution in [1.29, 1.82) is 0 Å². The fourth-order valence-electron chi connectivity index (χ4n) is 0.115. The molecule has 0 rings (SSSR count). The van der Waals surface area contributed by atoms with Crippen LogP contribution in [0.5, 0.6) is 0 Å². The first-order valence-electron chi connectivity index (χ1n) is 1.74. The van der Waals surface area contributed by atoms with Crippen molar-refractivity contribution in [3.05, 3.63) is 12.7 Å². The zero-order valence-electron chi connectivity index (χ0n) is 3.79. The molecule has 0 saturated heterocycles. The van der Waals surface area contributed by atoms with E-state index in [-0.39, 0.29) is 0 Å². The molecule has 0 aromatic heterocycles. The molecule has 0 aliphatic heterocycles. The predicted molar refractivity (Wildman–Crippen MR) is 29.8 cm³/mol. The van der Waals surface area contributed by atoms with Crippen LogP contribution in [0, 0.1) is 0 Å². The van der Waals surface area contributed by atoms with Gasteiger partial charge < -0.3 is 4.18 Å². The Balaban J connectivity index is 2.68. The van der Waals surface area contributed by atoms with Crippen LogP contribution < -0.4 is 0 Å². The summed E-state index contributed by atoms with van der Waals surface area (Å²) in [5, 5.41) is 0. The number of hydrogen-bond donors (Lipinski definition) is 0. The zero-order chi connectivity index (χ0) is 5.54. The van der Waals surface area contributed by atoms with Gasteiger partial charge >= 0.3 is 6.47 Å². The molecule has 0 aliphatic rings. The molecular formula is C4H6O2S. The molecule has 0 saturated carbocycles. The average molecular weight is 118 g/mol. The third kappa shape index (κ3) is 5.56. The maximum atomic E-state index is 9.40. The maximum Gasteiger partial charge on any atom is 0.305 e. The summed E-state index contributed by atoms with van der Waals surface area (Å²) in [6.07, 6.45) is 1.66. The fraction of sp³-hybridized carbons (Fsp3) is 0.250. The van der Waals surface area contributed by atoms with E-state index in [2.05, 4.69) is 10.8 Å². The van der Waals surface area contributed by atoms with E-state index in [1.54, 1.807) is 6.08 Å². The molecule has 0 radical (unpaired) electrons. The Bertz CT molecular complexity index is 54.7. The molecule has 0 aliphatic carbocycles. The van der Waals surface area contributed by atoms with E-state index in [0.717, 1.165) is 12.0 Å². The smallest absolute Gasteiger partial charge is 0.305 e. The normalized spacial score (nSPS) is 7.43. The Kier molecular flexibility index (Phi) is 5.21. The molecule has 40 valence electrons. The van der Waals surface area contributed by atoms with Gasteiger partial charge in [0.15, 0.2) is 0 Å². The monoisotopic (exact) mass is 118 g/mol. The first-order chi connectivity index (χ1) is 3.41. The van der Waals surface area contributed by atoms with Crippen LogP contribution in [0.4, 0.5) is 0 Å². The summed E-state index contributed by atoms with van der Waals surface area (Å²) in [4.78, 5) is 9.40. The summed E-state index contributed by atoms with van der Waals surface area (Å²) in [6, 6.07) is 0. The molecule has 0 aromatic carbocycles. The highest BCUT2D eigenvalue weighted by molar-refractivity contribution is 7.95. The molecule has 0 spiro atoms. The minimum absolute atomic E-state index is 0.397. The Labute approximate surface area is 46.8 Å². The lowest BCUT2D eigenvalue weighted by Crippen LogP contribution is -1.73. The lowest BCUT2D eigenvalue weighted by molar-refractivity contribution is -0.119. The van der Waals surface area contributed by atoms with Crippen LogP contribution >= 0.6 is 12.0 Å². The third-order valence-corrected chi connectivity index (χ3v) is 0.880. The van der Waals surface area contributed by atoms with Gasteiger partial charge in [-0.3, -0.25) is 4.79 Å². The van der Waals surface area contributed by atoms with Crippen molar-refractivity contribution >= 4 is 18.5 Å². The molecule has 3 heteroatoms. The summed E-state index contributed by atoms with van der Waals surface area (Å²) in [6.45, 7) is 3.81. The van der Waals surface area contributed by atoms with E-state index in [1.165, 1.54) is 0 Å². The van der Waals surface area contributed by atoms with Crippen LogP contribution in [0.25, 0.3) is 0 Å². The van der Waals surface area contributed by atoms with Crippen molar-refractivity contribution < 1.29 is 8.98 Å². The van der Waals surface area contributed by atoms with Gasteiger partial charge in [0.1, 0.15) is 0 Å². The van der Waals surface area contributed by atoms with Gasteiger partial charge in [0.2, 0.25) is 0 Å². The van der Waals surface area contributed by atoms with E-state index >= 15 is 0 Å². The standard InChI is InChI=1S/C4H6O2S/c1-2-3-7-6-4-5/h2,4H,1,3H2. The Morgan fingerprint density at radius 1 is 1.86 bits per heavy atom. The van der Waals surface area contributed by atoms with Crippen LogP contribution in [0.2, 0.25) is 0 Å². The molecule has 0 atom stereocenters. The second-order valence-electron chi connectivity index (χ2n) is 0.766. The second-order valence-corrected chi connectivity index (χ2v) is 1.53. The Morgan fingerprint density at radius 2 is 2.57 bits per heavy atom. The molecule has 7 heavy (non-hydrogen) atoms. The summed E-state index contributed by atoms with van der Waals surface area (Å²) < 4.78 is 4.24. The van der Waals surface area contributed by atoms with Crippen LogP contribution in [0.3, 0.4) is 0 Å². The molecule has 0 N–H and O–H groups in total. The van der Waals surface area contributed by atoms with Gasteiger partial charge in [-0.2, -0.15) is 0 Å². The van der Waals surface area contributed by atoms with Crippen molar-refractivity contribution in [3.63, 3.8) is 0 Å². The highest BCUT2D eigenvalue weighted by Gasteiger charge is 1.76. The van der Waals surface area contributed by atoms with Gasteiger partial charge in [0.25, 0.3) is 0 Å². The Hall–Kier alpha value is -0.440. The van der Waals surface area contributed by atoms with Gasteiger partial charge in [0.05, 0.1) is 12.0 Å². The zero-order valence-corrected chi connectivity index (χ0v) is 4.61. The quantitative estimate of drug-likeness (QED) is 0.238. The molecule has 2 nitrogen and oxygen atoms in total. The van der Waals surface area contributed by atoms with Crippen LogP contribution in [0.15, 0.2) is 12.7 Å². The fourth-order valence-corrected chi connectivity index (χ4v) is 0.346. The van der Waals surface area contributed by atoms with Crippen LogP contribution in [-0.2, 0) is 8.98 Å². The van der Waals surface area contributed by atoms with Gasteiger partial charge in [-0.25, -0.2) is 0 Å². The van der Waals surface area contributed by atoms with E-state index in [9.17, 15) is 4.79 Å². The number of hydrogen-bond acceptors (Lipinski definition) is 3. The molecule has 0 amide bonds. The summed E-state index contributed by atoms with van der Waals surface area (Å²) >= 11 is 1.07. The summed E-state index contributed by atoms with van der Waals surface area (Å²) in [5.41, 5.74) is 0. The molecule has 0 bridgehead atoms. The van der Waals surface area contributed by atoms with Crippen molar-refractivity contribution in [2.75, 3.05) is 5.75 Å². The number of carbonyl (C=O) groups excluding carboxylic acids is 1. The van der Waals surface area contributed by atoms with E-state index in [4.69, 9.17) is 0 Å². The van der Waals surface area contributed by atoms with Gasteiger partial charge in [-0.1, -0.05) is 6.08 Å². The first-order valence-corrected chi connectivity index (χ1v) is 2.65. The van der Waals surface area contributed by atoms with Crippen LogP contribution in [-0.4, -0.2) is 12.2 Å². The highest BCUT2D eigenvalue weighted by Crippen LogP contribution is 1.96. The van der Waals surface area contributed by atoms with Gasteiger partial charge in [-0.05, 0) is 0 Å². The van der Waals surface area contributed by atoms with E-state index in [1.807, 2.05) is 0 Å². The molecular weight excluding hydrogens is 112 g/mol. The molecule has 0 aromatic rings. The number of carbonyl (C=O) groups is 1. The largest absolute Gasteiger partial charge is 0.393 e. The molecule has 0 fully saturated rings. The second kappa shape index (κ2) is 5.56. The highest BCUT2D eigenvalue weighted by atomic mass is 32.2. The minimum atomic E-state index is 0.397. The van der Waals surface area contributed by atoms with Gasteiger partial charge in [-0.15, -0.1) is 6.58 Å². The van der Waals surface area contributed by atoms with Crippen molar-refractivity contribution in [2.45, 2.75) is 0 Å². The van der Waals surface area contributed by atoms with Gasteiger partial charge in [0, 0.05) is 5.75 Å². The SMILES string of the molecule is C=CCSOC=O. The third-order valence-electron chi connectivity index (χ3n) is 0.293. The lowest BCUT2D eigenvalue weighted by Gasteiger charge is -1.85. The Morgan fingerprint density at radius 3 is 3.00 bits per heavy atom. The topological polar surface area (TPSA) is 26.3 Å².